The highest BCUT2D eigenvalue weighted by atomic mass is 16.7. The van der Waals surface area contributed by atoms with Gasteiger partial charge in [-0.25, -0.2) is 0 Å². The molecule has 30 heavy (non-hydrogen) atoms. The summed E-state index contributed by atoms with van der Waals surface area (Å²) in [5, 5.41) is 49.9. The third kappa shape index (κ3) is 3.26. The number of ether oxygens (including phenoxy) is 2. The maximum atomic E-state index is 12.9. The maximum absolute atomic E-state index is 12.9. The van der Waals surface area contributed by atoms with Crippen molar-refractivity contribution in [1.82, 2.24) is 0 Å². The van der Waals surface area contributed by atoms with Crippen LogP contribution in [0.4, 0.5) is 0 Å². The highest BCUT2D eigenvalue weighted by molar-refractivity contribution is 6.30. The van der Waals surface area contributed by atoms with Crippen LogP contribution in [-0.2, 0) is 16.1 Å². The summed E-state index contributed by atoms with van der Waals surface area (Å²) in [7, 11) is 0. The van der Waals surface area contributed by atoms with Crippen molar-refractivity contribution in [2.75, 3.05) is 6.61 Å². The first-order chi connectivity index (χ1) is 14.3. The molecule has 0 unspecified atom stereocenters. The molecular formula is C21H20O9. The van der Waals surface area contributed by atoms with E-state index >= 15 is 0 Å². The second-order valence-corrected chi connectivity index (χ2v) is 7.25. The van der Waals surface area contributed by atoms with Gasteiger partial charge in [0.05, 0.1) is 30.4 Å². The standard InChI is InChI=1S/C21H20O9/c22-7-14-21(28)13(24)6-15(30-14)29-8-9-5-12(23)16-17(18(9)25)20(27)11-4-2-1-3-10(11)19(16)26/h1-5,13-15,21-25,28H,6-8H2/t13-,14-,15+,21+/m1/s1. The molecule has 158 valence electrons. The first-order valence-corrected chi connectivity index (χ1v) is 9.33. The summed E-state index contributed by atoms with van der Waals surface area (Å²) in [5.41, 5.74) is -0.261. The topological polar surface area (TPSA) is 154 Å². The molecule has 1 heterocycles. The van der Waals surface area contributed by atoms with E-state index in [-0.39, 0.29) is 40.8 Å². The smallest absolute Gasteiger partial charge is 0.198 e. The first-order valence-electron chi connectivity index (χ1n) is 9.33. The van der Waals surface area contributed by atoms with Crippen molar-refractivity contribution in [2.24, 2.45) is 0 Å². The quantitative estimate of drug-likeness (QED) is 0.376. The van der Waals surface area contributed by atoms with Crippen molar-refractivity contribution >= 4 is 11.6 Å². The number of benzene rings is 2. The van der Waals surface area contributed by atoms with Gasteiger partial charge >= 0.3 is 0 Å². The third-order valence-corrected chi connectivity index (χ3v) is 5.37. The number of phenols is 2. The fourth-order valence-electron chi connectivity index (χ4n) is 3.78. The van der Waals surface area contributed by atoms with E-state index in [0.29, 0.717) is 0 Å². The SMILES string of the molecule is O=C1c2ccccc2C(=O)c2c(O)c(CO[C@@H]3C[C@@H](O)[C@H](O)[C@@H](CO)O3)cc(O)c21. The summed E-state index contributed by atoms with van der Waals surface area (Å²) in [6, 6.07) is 7.27. The predicted molar refractivity (Wildman–Crippen MR) is 100 cm³/mol. The molecule has 4 rings (SSSR count). The van der Waals surface area contributed by atoms with Crippen LogP contribution in [0.25, 0.3) is 0 Å². The summed E-state index contributed by atoms with van der Waals surface area (Å²) in [6.45, 7) is -0.847. The molecule has 9 nitrogen and oxygen atoms in total. The van der Waals surface area contributed by atoms with Crippen LogP contribution < -0.4 is 0 Å². The van der Waals surface area contributed by atoms with E-state index in [1.807, 2.05) is 0 Å². The van der Waals surface area contributed by atoms with Crippen molar-refractivity contribution in [2.45, 2.75) is 37.6 Å². The summed E-state index contributed by atoms with van der Waals surface area (Å²) in [4.78, 5) is 25.6. The molecule has 0 spiro atoms. The molecule has 4 atom stereocenters. The number of ketones is 2. The van der Waals surface area contributed by atoms with Crippen molar-refractivity contribution in [3.63, 3.8) is 0 Å². The number of carbonyl (C=O) groups excluding carboxylic acids is 2. The second-order valence-electron chi connectivity index (χ2n) is 7.25. The lowest BCUT2D eigenvalue weighted by Crippen LogP contribution is -2.50. The van der Waals surface area contributed by atoms with Gasteiger partial charge in [0, 0.05) is 23.1 Å². The predicted octanol–water partition coefficient (Wildman–Crippen LogP) is 0.219. The van der Waals surface area contributed by atoms with E-state index in [2.05, 4.69) is 0 Å². The number of hydrogen-bond donors (Lipinski definition) is 5. The Hall–Kier alpha value is -2.82. The fourth-order valence-corrected chi connectivity index (χ4v) is 3.78. The molecule has 9 heteroatoms. The zero-order valence-corrected chi connectivity index (χ0v) is 15.7. The van der Waals surface area contributed by atoms with Gasteiger partial charge in [-0.1, -0.05) is 24.3 Å². The van der Waals surface area contributed by atoms with Crippen molar-refractivity contribution in [1.29, 1.82) is 0 Å². The van der Waals surface area contributed by atoms with E-state index < -0.39 is 54.3 Å². The molecular weight excluding hydrogens is 396 g/mol. The van der Waals surface area contributed by atoms with Gasteiger partial charge in [-0.3, -0.25) is 9.59 Å². The number of aromatic hydroxyl groups is 2. The Morgan fingerprint density at radius 1 is 1.03 bits per heavy atom. The largest absolute Gasteiger partial charge is 0.507 e. The van der Waals surface area contributed by atoms with E-state index in [4.69, 9.17) is 9.47 Å². The summed E-state index contributed by atoms with van der Waals surface area (Å²) >= 11 is 0. The van der Waals surface area contributed by atoms with Gasteiger partial charge in [0.1, 0.15) is 23.7 Å². The molecule has 5 N–H and O–H groups in total. The van der Waals surface area contributed by atoms with Crippen LogP contribution in [0.1, 0.15) is 43.8 Å². The lowest BCUT2D eigenvalue weighted by molar-refractivity contribution is -0.260. The average Bonchev–Trinajstić information content (AvgIpc) is 2.74. The van der Waals surface area contributed by atoms with Gasteiger partial charge in [0.15, 0.2) is 17.9 Å². The minimum Gasteiger partial charge on any atom is -0.507 e. The summed E-state index contributed by atoms with van der Waals surface area (Å²) in [5.74, 6) is -2.13. The number of aliphatic hydroxyl groups excluding tert-OH is 3. The zero-order chi connectivity index (χ0) is 21.6. The lowest BCUT2D eigenvalue weighted by atomic mass is 9.82. The van der Waals surface area contributed by atoms with E-state index in [0.717, 1.165) is 6.07 Å². The van der Waals surface area contributed by atoms with Gasteiger partial charge in [-0.15, -0.1) is 0 Å². The van der Waals surface area contributed by atoms with Crippen LogP contribution >= 0.6 is 0 Å². The van der Waals surface area contributed by atoms with Gasteiger partial charge in [0.25, 0.3) is 0 Å². The molecule has 1 aliphatic carbocycles. The average molecular weight is 416 g/mol. The minimum atomic E-state index is -1.26. The number of hydrogen-bond acceptors (Lipinski definition) is 9. The molecule has 2 aromatic carbocycles. The van der Waals surface area contributed by atoms with Gasteiger partial charge in [0.2, 0.25) is 0 Å². The molecule has 0 bridgehead atoms. The molecule has 0 amide bonds. The number of phenolic OH excluding ortho intramolecular Hbond substituents is 2. The Balaban J connectivity index is 1.62. The van der Waals surface area contributed by atoms with Crippen LogP contribution in [0.15, 0.2) is 30.3 Å². The fraction of sp³-hybridized carbons (Fsp3) is 0.333. The first kappa shape index (κ1) is 20.5. The normalized spacial score (nSPS) is 25.7. The molecule has 0 radical (unpaired) electrons. The van der Waals surface area contributed by atoms with Crippen molar-refractivity contribution in [3.05, 3.63) is 58.1 Å². The molecule has 1 fully saturated rings. The molecule has 2 aromatic rings. The zero-order valence-electron chi connectivity index (χ0n) is 15.7. The summed E-state index contributed by atoms with van der Waals surface area (Å²) in [6.07, 6.45) is -4.57. The highest BCUT2D eigenvalue weighted by Gasteiger charge is 2.38. The second kappa shape index (κ2) is 7.78. The molecule has 1 saturated heterocycles. The number of aliphatic hydroxyl groups is 3. The lowest BCUT2D eigenvalue weighted by Gasteiger charge is -2.36. The van der Waals surface area contributed by atoms with Crippen LogP contribution in [0, 0.1) is 0 Å². The Kier molecular flexibility index (Phi) is 5.31. The molecule has 2 aliphatic rings. The number of rotatable bonds is 4. The van der Waals surface area contributed by atoms with E-state index in [1.165, 1.54) is 12.1 Å². The monoisotopic (exact) mass is 416 g/mol. The molecule has 0 saturated carbocycles. The Morgan fingerprint density at radius 3 is 2.30 bits per heavy atom. The van der Waals surface area contributed by atoms with Crippen molar-refractivity contribution in [3.8, 4) is 11.5 Å². The minimum absolute atomic E-state index is 0.0385. The Morgan fingerprint density at radius 2 is 1.67 bits per heavy atom. The third-order valence-electron chi connectivity index (χ3n) is 5.37. The van der Waals surface area contributed by atoms with E-state index in [1.54, 1.807) is 12.1 Å². The maximum Gasteiger partial charge on any atom is 0.198 e. The number of fused-ring (bicyclic) bond motifs is 2. The van der Waals surface area contributed by atoms with Gasteiger partial charge in [-0.05, 0) is 6.07 Å². The molecule has 0 aromatic heterocycles. The van der Waals surface area contributed by atoms with Gasteiger partial charge < -0.3 is 35.0 Å². The van der Waals surface area contributed by atoms with Crippen LogP contribution in [0.3, 0.4) is 0 Å². The molecule has 1 aliphatic heterocycles. The van der Waals surface area contributed by atoms with Crippen LogP contribution in [0.2, 0.25) is 0 Å². The van der Waals surface area contributed by atoms with Crippen LogP contribution in [-0.4, -0.2) is 68.3 Å². The van der Waals surface area contributed by atoms with Gasteiger partial charge in [-0.2, -0.15) is 0 Å². The Labute approximate surface area is 170 Å². The van der Waals surface area contributed by atoms with E-state index in [9.17, 15) is 35.1 Å². The Bertz CT molecular complexity index is 1020. The highest BCUT2D eigenvalue weighted by Crippen LogP contribution is 2.40. The number of carbonyl (C=O) groups is 2. The summed E-state index contributed by atoms with van der Waals surface area (Å²) < 4.78 is 10.9. The van der Waals surface area contributed by atoms with Crippen LogP contribution in [0.5, 0.6) is 11.5 Å². The van der Waals surface area contributed by atoms with Crippen molar-refractivity contribution < 1.29 is 44.6 Å².